The summed E-state index contributed by atoms with van der Waals surface area (Å²) in [6.07, 6.45) is 6.18. The van der Waals surface area contributed by atoms with Crippen LogP contribution in [0, 0.1) is 0 Å². The van der Waals surface area contributed by atoms with Gasteiger partial charge in [-0.1, -0.05) is 11.2 Å². The molecule has 0 bridgehead atoms. The lowest BCUT2D eigenvalue weighted by atomic mass is 10.3. The highest BCUT2D eigenvalue weighted by atomic mass is 16.5. The zero-order valence-electron chi connectivity index (χ0n) is 8.50. The maximum Gasteiger partial charge on any atom is 0.137 e. The van der Waals surface area contributed by atoms with Crippen LogP contribution in [0.2, 0.25) is 0 Å². The van der Waals surface area contributed by atoms with Gasteiger partial charge < -0.3 is 4.74 Å². The van der Waals surface area contributed by atoms with Gasteiger partial charge in [-0.25, -0.2) is 0 Å². The standard InChI is InChI=1S/C10H12N4O/c1-15-10-6-5-9(12-8-10)4-2-3-7-13-14-11/h2,4-6,8H,3,7H2,1H3. The number of azide groups is 1. The van der Waals surface area contributed by atoms with Crippen LogP contribution >= 0.6 is 0 Å². The number of aromatic nitrogens is 1. The Morgan fingerprint density at radius 3 is 3.07 bits per heavy atom. The molecule has 0 fully saturated rings. The van der Waals surface area contributed by atoms with Crippen molar-refractivity contribution in [3.8, 4) is 5.75 Å². The van der Waals surface area contributed by atoms with Crippen molar-refractivity contribution in [2.45, 2.75) is 6.42 Å². The molecule has 0 aromatic carbocycles. The fraction of sp³-hybridized carbons (Fsp3) is 0.300. The fourth-order valence-electron chi connectivity index (χ4n) is 0.992. The van der Waals surface area contributed by atoms with Gasteiger partial charge in [0.1, 0.15) is 5.75 Å². The molecule has 15 heavy (non-hydrogen) atoms. The van der Waals surface area contributed by atoms with E-state index in [-0.39, 0.29) is 0 Å². The van der Waals surface area contributed by atoms with Crippen molar-refractivity contribution in [2.75, 3.05) is 13.7 Å². The number of rotatable bonds is 5. The van der Waals surface area contributed by atoms with E-state index in [1.165, 1.54) is 0 Å². The summed E-state index contributed by atoms with van der Waals surface area (Å²) in [5.74, 6) is 0.737. The second kappa shape index (κ2) is 6.45. The normalized spacial score (nSPS) is 9.93. The minimum Gasteiger partial charge on any atom is -0.495 e. The van der Waals surface area contributed by atoms with Gasteiger partial charge in [-0.05, 0) is 30.2 Å². The molecule has 0 unspecified atom stereocenters. The van der Waals surface area contributed by atoms with E-state index in [1.807, 2.05) is 24.3 Å². The average molecular weight is 204 g/mol. The highest BCUT2D eigenvalue weighted by Gasteiger charge is 1.90. The van der Waals surface area contributed by atoms with Gasteiger partial charge in [0.05, 0.1) is 19.0 Å². The summed E-state index contributed by atoms with van der Waals surface area (Å²) >= 11 is 0. The molecule has 0 atom stereocenters. The van der Waals surface area contributed by atoms with Gasteiger partial charge in [0.2, 0.25) is 0 Å². The van der Waals surface area contributed by atoms with Gasteiger partial charge in [0, 0.05) is 11.5 Å². The smallest absolute Gasteiger partial charge is 0.137 e. The first-order valence-electron chi connectivity index (χ1n) is 4.54. The summed E-state index contributed by atoms with van der Waals surface area (Å²) in [5, 5.41) is 3.42. The summed E-state index contributed by atoms with van der Waals surface area (Å²) in [5.41, 5.74) is 8.91. The lowest BCUT2D eigenvalue weighted by Crippen LogP contribution is -1.85. The maximum absolute atomic E-state index is 8.05. The molecule has 0 aliphatic heterocycles. The van der Waals surface area contributed by atoms with Gasteiger partial charge in [0.15, 0.2) is 0 Å². The topological polar surface area (TPSA) is 70.9 Å². The Balaban J connectivity index is 2.46. The van der Waals surface area contributed by atoms with E-state index in [4.69, 9.17) is 10.3 Å². The van der Waals surface area contributed by atoms with Crippen LogP contribution in [-0.4, -0.2) is 18.6 Å². The maximum atomic E-state index is 8.05. The first-order valence-corrected chi connectivity index (χ1v) is 4.54. The quantitative estimate of drug-likeness (QED) is 0.320. The number of hydrogen-bond donors (Lipinski definition) is 0. The number of methoxy groups -OCH3 is 1. The second-order valence-corrected chi connectivity index (χ2v) is 2.77. The van der Waals surface area contributed by atoms with Crippen molar-refractivity contribution in [3.63, 3.8) is 0 Å². The minimum absolute atomic E-state index is 0.475. The minimum atomic E-state index is 0.475. The monoisotopic (exact) mass is 204 g/mol. The van der Waals surface area contributed by atoms with E-state index in [0.717, 1.165) is 17.9 Å². The number of pyridine rings is 1. The molecule has 0 amide bonds. The molecular formula is C10H12N4O. The zero-order chi connectivity index (χ0) is 10.9. The molecule has 0 aliphatic carbocycles. The van der Waals surface area contributed by atoms with Crippen LogP contribution in [0.25, 0.3) is 16.5 Å². The van der Waals surface area contributed by atoms with Crippen molar-refractivity contribution >= 4 is 6.08 Å². The predicted octanol–water partition coefficient (Wildman–Crippen LogP) is 2.80. The second-order valence-electron chi connectivity index (χ2n) is 2.77. The van der Waals surface area contributed by atoms with Crippen molar-refractivity contribution < 1.29 is 4.74 Å². The lowest BCUT2D eigenvalue weighted by Gasteiger charge is -1.97. The highest BCUT2D eigenvalue weighted by Crippen LogP contribution is 2.08. The largest absolute Gasteiger partial charge is 0.495 e. The summed E-state index contributed by atoms with van der Waals surface area (Å²) in [6, 6.07) is 3.71. The van der Waals surface area contributed by atoms with Crippen LogP contribution in [-0.2, 0) is 0 Å². The van der Waals surface area contributed by atoms with Crippen molar-refractivity contribution in [3.05, 3.63) is 40.5 Å². The molecule has 5 nitrogen and oxygen atoms in total. The molecule has 78 valence electrons. The van der Waals surface area contributed by atoms with Crippen LogP contribution < -0.4 is 4.74 Å². The van der Waals surface area contributed by atoms with Crippen LogP contribution in [0.15, 0.2) is 29.5 Å². The van der Waals surface area contributed by atoms with Crippen molar-refractivity contribution in [1.29, 1.82) is 0 Å². The lowest BCUT2D eigenvalue weighted by molar-refractivity contribution is 0.413. The Hall–Kier alpha value is -2.00. The molecule has 0 saturated carbocycles. The molecule has 0 saturated heterocycles. The van der Waals surface area contributed by atoms with E-state index < -0.39 is 0 Å². The molecule has 1 rings (SSSR count). The molecule has 1 aromatic heterocycles. The molecule has 1 heterocycles. The highest BCUT2D eigenvalue weighted by molar-refractivity contribution is 5.45. The number of ether oxygens (including phenoxy) is 1. The third-order valence-corrected chi connectivity index (χ3v) is 1.74. The predicted molar refractivity (Wildman–Crippen MR) is 58.5 cm³/mol. The Bertz CT molecular complexity index is 366. The fourth-order valence-corrected chi connectivity index (χ4v) is 0.992. The molecule has 0 aliphatic rings. The third kappa shape index (κ3) is 4.15. The molecule has 1 aromatic rings. The van der Waals surface area contributed by atoms with Crippen LogP contribution in [0.1, 0.15) is 12.1 Å². The first-order chi connectivity index (χ1) is 7.36. The summed E-state index contributed by atoms with van der Waals surface area (Å²) in [7, 11) is 1.60. The van der Waals surface area contributed by atoms with Gasteiger partial charge in [-0.2, -0.15) is 0 Å². The Labute approximate surface area is 88.0 Å². The third-order valence-electron chi connectivity index (χ3n) is 1.74. The number of nitrogens with zero attached hydrogens (tertiary/aromatic N) is 4. The van der Waals surface area contributed by atoms with E-state index >= 15 is 0 Å². The van der Waals surface area contributed by atoms with Gasteiger partial charge in [-0.15, -0.1) is 0 Å². The van der Waals surface area contributed by atoms with Crippen molar-refractivity contribution in [2.24, 2.45) is 5.11 Å². The zero-order valence-corrected chi connectivity index (χ0v) is 8.50. The summed E-state index contributed by atoms with van der Waals surface area (Å²) < 4.78 is 4.98. The summed E-state index contributed by atoms with van der Waals surface area (Å²) in [4.78, 5) is 6.81. The molecule has 0 N–H and O–H groups in total. The Kier molecular flexibility index (Phi) is 4.77. The van der Waals surface area contributed by atoms with E-state index in [0.29, 0.717) is 6.54 Å². The molecule has 0 spiro atoms. The van der Waals surface area contributed by atoms with Gasteiger partial charge >= 0.3 is 0 Å². The average Bonchev–Trinajstić information content (AvgIpc) is 2.30. The van der Waals surface area contributed by atoms with E-state index in [2.05, 4.69) is 15.0 Å². The van der Waals surface area contributed by atoms with Crippen LogP contribution in [0.4, 0.5) is 0 Å². The van der Waals surface area contributed by atoms with Gasteiger partial charge in [0.25, 0.3) is 0 Å². The first kappa shape index (κ1) is 11.1. The molecule has 5 heteroatoms. The Morgan fingerprint density at radius 1 is 1.60 bits per heavy atom. The van der Waals surface area contributed by atoms with Crippen LogP contribution in [0.3, 0.4) is 0 Å². The van der Waals surface area contributed by atoms with E-state index in [1.54, 1.807) is 13.3 Å². The van der Waals surface area contributed by atoms with E-state index in [9.17, 15) is 0 Å². The molecular weight excluding hydrogens is 192 g/mol. The summed E-state index contributed by atoms with van der Waals surface area (Å²) in [6.45, 7) is 0.475. The van der Waals surface area contributed by atoms with Crippen molar-refractivity contribution in [1.82, 2.24) is 4.98 Å². The van der Waals surface area contributed by atoms with Gasteiger partial charge in [-0.3, -0.25) is 4.98 Å². The number of hydrogen-bond acceptors (Lipinski definition) is 3. The SMILES string of the molecule is COc1ccc(C=CCCN=[N+]=[N-])nc1. The van der Waals surface area contributed by atoms with Crippen LogP contribution in [0.5, 0.6) is 5.75 Å². The molecule has 0 radical (unpaired) electrons. The Morgan fingerprint density at radius 2 is 2.47 bits per heavy atom.